The number of amides is 1. The summed E-state index contributed by atoms with van der Waals surface area (Å²) < 4.78 is 0. The first kappa shape index (κ1) is 13.7. The summed E-state index contributed by atoms with van der Waals surface area (Å²) in [6.45, 7) is 8.34. The standard InChI is InChI=1S/C12H17N5OS/c1-7-14-8(6-19-7)5-13-10(18)9-15-11(17-16-9)12(2,3)4/h6H,5H2,1-4H3,(H,13,18)(H,15,16,17). The highest BCUT2D eigenvalue weighted by Gasteiger charge is 2.21. The van der Waals surface area contributed by atoms with Crippen LogP contribution in [0.15, 0.2) is 5.38 Å². The molecule has 102 valence electrons. The molecule has 7 heteroatoms. The Morgan fingerprint density at radius 3 is 2.68 bits per heavy atom. The molecule has 2 aromatic rings. The van der Waals surface area contributed by atoms with E-state index in [1.807, 2.05) is 33.1 Å². The van der Waals surface area contributed by atoms with Gasteiger partial charge in [-0.15, -0.1) is 16.4 Å². The van der Waals surface area contributed by atoms with Crippen molar-refractivity contribution in [1.82, 2.24) is 25.5 Å². The summed E-state index contributed by atoms with van der Waals surface area (Å²) in [6, 6.07) is 0. The molecule has 0 radical (unpaired) electrons. The number of carbonyl (C=O) groups is 1. The van der Waals surface area contributed by atoms with Gasteiger partial charge in [-0.1, -0.05) is 20.8 Å². The van der Waals surface area contributed by atoms with Crippen molar-refractivity contribution in [3.63, 3.8) is 0 Å². The molecule has 0 unspecified atom stereocenters. The number of thiazole rings is 1. The van der Waals surface area contributed by atoms with Gasteiger partial charge in [-0.3, -0.25) is 9.89 Å². The second-order valence-corrected chi connectivity index (χ2v) is 6.36. The lowest BCUT2D eigenvalue weighted by Gasteiger charge is -2.12. The average Bonchev–Trinajstić information content (AvgIpc) is 2.93. The lowest BCUT2D eigenvalue weighted by Crippen LogP contribution is -2.24. The van der Waals surface area contributed by atoms with Crippen molar-refractivity contribution in [2.24, 2.45) is 0 Å². The first-order chi connectivity index (χ1) is 8.86. The first-order valence-electron chi connectivity index (χ1n) is 5.98. The molecule has 0 spiro atoms. The van der Waals surface area contributed by atoms with E-state index in [9.17, 15) is 4.79 Å². The van der Waals surface area contributed by atoms with Crippen molar-refractivity contribution in [2.45, 2.75) is 39.7 Å². The van der Waals surface area contributed by atoms with Gasteiger partial charge in [-0.05, 0) is 6.92 Å². The highest BCUT2D eigenvalue weighted by Crippen LogP contribution is 2.17. The number of aryl methyl sites for hydroxylation is 1. The monoisotopic (exact) mass is 279 g/mol. The minimum atomic E-state index is -0.294. The molecule has 2 heterocycles. The summed E-state index contributed by atoms with van der Waals surface area (Å²) in [5.41, 5.74) is 0.694. The molecule has 0 fully saturated rings. The number of rotatable bonds is 3. The molecule has 0 aliphatic heterocycles. The summed E-state index contributed by atoms with van der Waals surface area (Å²) in [6.07, 6.45) is 0. The SMILES string of the molecule is Cc1nc(CNC(=O)c2n[nH]c(C(C)(C)C)n2)cs1. The Labute approximate surface area is 115 Å². The van der Waals surface area contributed by atoms with E-state index in [1.165, 1.54) is 0 Å². The van der Waals surface area contributed by atoms with Crippen LogP contribution in [0.2, 0.25) is 0 Å². The van der Waals surface area contributed by atoms with Crippen molar-refractivity contribution >= 4 is 17.2 Å². The zero-order chi connectivity index (χ0) is 14.0. The van der Waals surface area contributed by atoms with Crippen LogP contribution in [-0.4, -0.2) is 26.1 Å². The van der Waals surface area contributed by atoms with E-state index in [4.69, 9.17) is 0 Å². The maximum Gasteiger partial charge on any atom is 0.291 e. The molecule has 0 aliphatic carbocycles. The second kappa shape index (κ2) is 5.08. The fourth-order valence-electron chi connectivity index (χ4n) is 1.44. The topological polar surface area (TPSA) is 83.6 Å². The molecule has 2 N–H and O–H groups in total. The molecule has 0 saturated heterocycles. The lowest BCUT2D eigenvalue weighted by molar-refractivity contribution is 0.0940. The minimum absolute atomic E-state index is 0.155. The molecule has 0 atom stereocenters. The van der Waals surface area contributed by atoms with Crippen LogP contribution < -0.4 is 5.32 Å². The number of aromatic nitrogens is 4. The third-order valence-corrected chi connectivity index (χ3v) is 3.32. The van der Waals surface area contributed by atoms with Crippen molar-refractivity contribution < 1.29 is 4.79 Å². The zero-order valence-electron chi connectivity index (χ0n) is 11.4. The highest BCUT2D eigenvalue weighted by molar-refractivity contribution is 7.09. The van der Waals surface area contributed by atoms with Gasteiger partial charge in [-0.2, -0.15) is 0 Å². The summed E-state index contributed by atoms with van der Waals surface area (Å²) in [7, 11) is 0. The Balaban J connectivity index is 1.98. The predicted molar refractivity (Wildman–Crippen MR) is 73.1 cm³/mol. The van der Waals surface area contributed by atoms with Crippen molar-refractivity contribution in [3.05, 3.63) is 27.7 Å². The van der Waals surface area contributed by atoms with Crippen molar-refractivity contribution in [1.29, 1.82) is 0 Å². The predicted octanol–water partition coefficient (Wildman–Crippen LogP) is 1.80. The molecule has 0 bridgehead atoms. The van der Waals surface area contributed by atoms with Crippen LogP contribution in [0, 0.1) is 6.92 Å². The van der Waals surface area contributed by atoms with E-state index in [2.05, 4.69) is 25.5 Å². The molecule has 6 nitrogen and oxygen atoms in total. The third-order valence-electron chi connectivity index (χ3n) is 2.50. The Bertz CT molecular complexity index is 581. The molecule has 0 saturated carbocycles. The van der Waals surface area contributed by atoms with Gasteiger partial charge in [0.1, 0.15) is 5.82 Å². The minimum Gasteiger partial charge on any atom is -0.344 e. The van der Waals surface area contributed by atoms with Crippen molar-refractivity contribution in [3.8, 4) is 0 Å². The largest absolute Gasteiger partial charge is 0.344 e. The molecule has 2 aromatic heterocycles. The van der Waals surface area contributed by atoms with Crippen LogP contribution in [0.5, 0.6) is 0 Å². The van der Waals surface area contributed by atoms with E-state index in [1.54, 1.807) is 11.3 Å². The maximum atomic E-state index is 11.9. The Hall–Kier alpha value is -1.76. The lowest BCUT2D eigenvalue weighted by atomic mass is 9.96. The van der Waals surface area contributed by atoms with E-state index in [-0.39, 0.29) is 17.1 Å². The highest BCUT2D eigenvalue weighted by atomic mass is 32.1. The molecular formula is C12H17N5OS. The van der Waals surface area contributed by atoms with E-state index in [0.717, 1.165) is 10.7 Å². The average molecular weight is 279 g/mol. The molecule has 0 aliphatic rings. The van der Waals surface area contributed by atoms with Gasteiger partial charge in [0.05, 0.1) is 17.2 Å². The van der Waals surface area contributed by atoms with Gasteiger partial charge in [0, 0.05) is 10.8 Å². The third kappa shape index (κ3) is 3.37. The Kier molecular flexibility index (Phi) is 3.66. The number of hydrogen-bond donors (Lipinski definition) is 2. The first-order valence-corrected chi connectivity index (χ1v) is 6.86. The van der Waals surface area contributed by atoms with E-state index in [0.29, 0.717) is 12.4 Å². The van der Waals surface area contributed by atoms with Crippen LogP contribution >= 0.6 is 11.3 Å². The summed E-state index contributed by atoms with van der Waals surface area (Å²) in [5, 5.41) is 12.4. The number of nitrogens with one attached hydrogen (secondary N) is 2. The fourth-order valence-corrected chi connectivity index (χ4v) is 2.05. The number of nitrogens with zero attached hydrogens (tertiary/aromatic N) is 3. The number of aromatic amines is 1. The molecule has 1 amide bonds. The summed E-state index contributed by atoms with van der Waals surface area (Å²) in [5.74, 6) is 0.566. The van der Waals surface area contributed by atoms with Gasteiger partial charge in [-0.25, -0.2) is 9.97 Å². The van der Waals surface area contributed by atoms with Gasteiger partial charge < -0.3 is 5.32 Å². The van der Waals surface area contributed by atoms with Crippen molar-refractivity contribution in [2.75, 3.05) is 0 Å². The normalized spacial score (nSPS) is 11.6. The number of carbonyl (C=O) groups excluding carboxylic acids is 1. The van der Waals surface area contributed by atoms with Gasteiger partial charge in [0.25, 0.3) is 5.91 Å². The van der Waals surface area contributed by atoms with E-state index < -0.39 is 0 Å². The molecule has 19 heavy (non-hydrogen) atoms. The second-order valence-electron chi connectivity index (χ2n) is 5.30. The number of H-pyrrole nitrogens is 1. The van der Waals surface area contributed by atoms with Crippen LogP contribution in [0.1, 0.15) is 47.9 Å². The zero-order valence-corrected chi connectivity index (χ0v) is 12.3. The fraction of sp³-hybridized carbons (Fsp3) is 0.500. The van der Waals surface area contributed by atoms with Crippen LogP contribution in [0.3, 0.4) is 0 Å². The van der Waals surface area contributed by atoms with Crippen LogP contribution in [-0.2, 0) is 12.0 Å². The van der Waals surface area contributed by atoms with E-state index >= 15 is 0 Å². The smallest absolute Gasteiger partial charge is 0.291 e. The van der Waals surface area contributed by atoms with Gasteiger partial charge in [0.2, 0.25) is 5.82 Å². The maximum absolute atomic E-state index is 11.9. The van der Waals surface area contributed by atoms with Crippen LogP contribution in [0.25, 0.3) is 0 Å². The Morgan fingerprint density at radius 2 is 2.16 bits per heavy atom. The quantitative estimate of drug-likeness (QED) is 0.897. The summed E-state index contributed by atoms with van der Waals surface area (Å²) >= 11 is 1.56. The number of hydrogen-bond acceptors (Lipinski definition) is 5. The van der Waals surface area contributed by atoms with Crippen LogP contribution in [0.4, 0.5) is 0 Å². The van der Waals surface area contributed by atoms with Gasteiger partial charge >= 0.3 is 0 Å². The Morgan fingerprint density at radius 1 is 1.42 bits per heavy atom. The van der Waals surface area contributed by atoms with Gasteiger partial charge in [0.15, 0.2) is 0 Å². The summed E-state index contributed by atoms with van der Waals surface area (Å²) in [4.78, 5) is 20.4. The molecule has 2 rings (SSSR count). The molecule has 0 aromatic carbocycles. The molecular weight excluding hydrogens is 262 g/mol.